The number of halogens is 3. The van der Waals surface area contributed by atoms with E-state index in [1.165, 1.54) is 6.07 Å². The van der Waals surface area contributed by atoms with Gasteiger partial charge in [0.25, 0.3) is 0 Å². The van der Waals surface area contributed by atoms with Gasteiger partial charge in [-0.15, -0.1) is 0 Å². The lowest BCUT2D eigenvalue weighted by Crippen LogP contribution is -2.15. The number of amides is 1. The molecule has 0 fully saturated rings. The number of hydrogen-bond acceptors (Lipinski definition) is 2. The molecule has 2 aromatic rings. The van der Waals surface area contributed by atoms with Gasteiger partial charge in [0.15, 0.2) is 17.5 Å². The number of para-hydroxylation sites is 1. The highest BCUT2D eigenvalue weighted by molar-refractivity contribution is 5.92. The van der Waals surface area contributed by atoms with Gasteiger partial charge in [-0.1, -0.05) is 18.2 Å². The molecule has 0 unspecified atom stereocenters. The smallest absolute Gasteiger partial charge is 0.228 e. The maximum atomic E-state index is 13.0. The average Bonchev–Trinajstić information content (AvgIpc) is 2.38. The number of rotatable bonds is 3. The summed E-state index contributed by atoms with van der Waals surface area (Å²) in [6.45, 7) is 0. The molecule has 0 aliphatic heterocycles. The van der Waals surface area contributed by atoms with Gasteiger partial charge in [0, 0.05) is 23.4 Å². The maximum Gasteiger partial charge on any atom is 0.228 e. The molecular weight excluding hydrogens is 271 g/mol. The van der Waals surface area contributed by atoms with Crippen molar-refractivity contribution in [2.75, 3.05) is 5.32 Å². The van der Waals surface area contributed by atoms with Gasteiger partial charge < -0.3 is 10.4 Å². The molecule has 2 aromatic carbocycles. The van der Waals surface area contributed by atoms with E-state index in [4.69, 9.17) is 0 Å². The van der Waals surface area contributed by atoms with Crippen molar-refractivity contribution in [2.24, 2.45) is 0 Å². The fourth-order valence-corrected chi connectivity index (χ4v) is 1.67. The van der Waals surface area contributed by atoms with Crippen LogP contribution < -0.4 is 5.32 Å². The van der Waals surface area contributed by atoms with Gasteiger partial charge in [-0.25, -0.2) is 13.2 Å². The normalized spacial score (nSPS) is 10.3. The Kier molecular flexibility index (Phi) is 3.93. The first-order valence-corrected chi connectivity index (χ1v) is 5.68. The van der Waals surface area contributed by atoms with Crippen LogP contribution in [0.15, 0.2) is 36.4 Å². The van der Waals surface area contributed by atoms with Gasteiger partial charge in [0.1, 0.15) is 5.75 Å². The highest BCUT2D eigenvalue weighted by Gasteiger charge is 2.13. The third kappa shape index (κ3) is 3.09. The predicted molar refractivity (Wildman–Crippen MR) is 66.8 cm³/mol. The van der Waals surface area contributed by atoms with Crippen LogP contribution in [-0.4, -0.2) is 11.0 Å². The fourth-order valence-electron chi connectivity index (χ4n) is 1.67. The monoisotopic (exact) mass is 281 g/mol. The highest BCUT2D eigenvalue weighted by atomic mass is 19.2. The van der Waals surface area contributed by atoms with E-state index in [0.717, 1.165) is 0 Å². The Hall–Kier alpha value is -2.50. The first-order chi connectivity index (χ1) is 9.47. The molecule has 0 atom stereocenters. The lowest BCUT2D eigenvalue weighted by Gasteiger charge is -2.07. The lowest BCUT2D eigenvalue weighted by molar-refractivity contribution is -0.115. The summed E-state index contributed by atoms with van der Waals surface area (Å²) in [7, 11) is 0. The molecule has 104 valence electrons. The van der Waals surface area contributed by atoms with Crippen molar-refractivity contribution >= 4 is 11.6 Å². The van der Waals surface area contributed by atoms with Crippen LogP contribution in [0.1, 0.15) is 5.56 Å². The van der Waals surface area contributed by atoms with Crippen molar-refractivity contribution in [3.8, 4) is 5.75 Å². The number of aromatic hydroxyl groups is 1. The van der Waals surface area contributed by atoms with Gasteiger partial charge >= 0.3 is 0 Å². The molecule has 6 heteroatoms. The summed E-state index contributed by atoms with van der Waals surface area (Å²) in [5.41, 5.74) is 0.176. The molecule has 0 aliphatic carbocycles. The SMILES string of the molecule is O=C(Cc1ccccc1O)Nc1cc(F)c(F)c(F)c1. The van der Waals surface area contributed by atoms with E-state index in [1.54, 1.807) is 18.2 Å². The molecule has 20 heavy (non-hydrogen) atoms. The minimum Gasteiger partial charge on any atom is -0.508 e. The molecule has 2 N–H and O–H groups in total. The summed E-state index contributed by atoms with van der Waals surface area (Å²) < 4.78 is 38.7. The van der Waals surface area contributed by atoms with Crippen molar-refractivity contribution in [1.29, 1.82) is 0 Å². The quantitative estimate of drug-likeness (QED) is 0.850. The second kappa shape index (κ2) is 5.64. The standard InChI is InChI=1S/C14H10F3NO2/c15-10-6-9(7-11(16)14(10)17)18-13(20)5-8-3-1-2-4-12(8)19/h1-4,6-7,19H,5H2,(H,18,20). The van der Waals surface area contributed by atoms with Crippen LogP contribution in [0.3, 0.4) is 0 Å². The molecule has 0 saturated heterocycles. The van der Waals surface area contributed by atoms with Crippen LogP contribution >= 0.6 is 0 Å². The minimum absolute atomic E-state index is 0.0564. The van der Waals surface area contributed by atoms with Crippen LogP contribution in [-0.2, 0) is 11.2 Å². The molecule has 0 aliphatic rings. The number of carbonyl (C=O) groups excluding carboxylic acids is 1. The molecule has 1 amide bonds. The molecule has 0 heterocycles. The Morgan fingerprint density at radius 1 is 1.10 bits per heavy atom. The third-order valence-electron chi connectivity index (χ3n) is 2.61. The van der Waals surface area contributed by atoms with E-state index >= 15 is 0 Å². The number of phenols is 1. The molecule has 2 rings (SSSR count). The number of benzene rings is 2. The summed E-state index contributed by atoms with van der Waals surface area (Å²) in [5, 5.41) is 11.7. The molecule has 0 saturated carbocycles. The van der Waals surface area contributed by atoms with Crippen LogP contribution in [0.5, 0.6) is 5.75 Å². The number of phenolic OH excluding ortho intramolecular Hbond substituents is 1. The van der Waals surface area contributed by atoms with E-state index in [2.05, 4.69) is 5.32 Å². The zero-order valence-corrected chi connectivity index (χ0v) is 10.2. The molecule has 0 radical (unpaired) electrons. The van der Waals surface area contributed by atoms with Crippen molar-refractivity contribution in [3.05, 3.63) is 59.4 Å². The van der Waals surface area contributed by atoms with E-state index in [9.17, 15) is 23.1 Å². The van der Waals surface area contributed by atoms with Crippen LogP contribution in [0.2, 0.25) is 0 Å². The van der Waals surface area contributed by atoms with Gasteiger partial charge in [0.2, 0.25) is 5.91 Å². The van der Waals surface area contributed by atoms with E-state index < -0.39 is 23.4 Å². The van der Waals surface area contributed by atoms with Crippen molar-refractivity contribution < 1.29 is 23.1 Å². The summed E-state index contributed by atoms with van der Waals surface area (Å²) in [5.74, 6) is -5.01. The minimum atomic E-state index is -1.59. The fraction of sp³-hybridized carbons (Fsp3) is 0.0714. The molecule has 0 aromatic heterocycles. The summed E-state index contributed by atoms with van der Waals surface area (Å²) in [6.07, 6.45) is -0.173. The van der Waals surface area contributed by atoms with Crippen molar-refractivity contribution in [2.45, 2.75) is 6.42 Å². The van der Waals surface area contributed by atoms with E-state index in [1.807, 2.05) is 0 Å². The Bertz CT molecular complexity index is 636. The summed E-state index contributed by atoms with van der Waals surface area (Å²) >= 11 is 0. The van der Waals surface area contributed by atoms with E-state index in [0.29, 0.717) is 17.7 Å². The summed E-state index contributed by atoms with van der Waals surface area (Å²) in [6, 6.07) is 7.56. The second-order valence-corrected chi connectivity index (χ2v) is 4.11. The molecular formula is C14H10F3NO2. The first kappa shape index (κ1) is 13.9. The van der Waals surface area contributed by atoms with E-state index in [-0.39, 0.29) is 17.9 Å². The lowest BCUT2D eigenvalue weighted by atomic mass is 10.1. The Morgan fingerprint density at radius 2 is 1.70 bits per heavy atom. The number of carbonyl (C=O) groups is 1. The van der Waals surface area contributed by atoms with Gasteiger partial charge in [0.05, 0.1) is 6.42 Å². The number of hydrogen-bond donors (Lipinski definition) is 2. The van der Waals surface area contributed by atoms with Crippen molar-refractivity contribution in [1.82, 2.24) is 0 Å². The Labute approximate surface area is 112 Å². The Balaban J connectivity index is 2.11. The summed E-state index contributed by atoms with van der Waals surface area (Å²) in [4.78, 5) is 11.7. The number of nitrogens with one attached hydrogen (secondary N) is 1. The zero-order valence-electron chi connectivity index (χ0n) is 10.2. The average molecular weight is 281 g/mol. The maximum absolute atomic E-state index is 13.0. The van der Waals surface area contributed by atoms with Crippen LogP contribution in [0.25, 0.3) is 0 Å². The van der Waals surface area contributed by atoms with Gasteiger partial charge in [-0.05, 0) is 6.07 Å². The van der Waals surface area contributed by atoms with Gasteiger partial charge in [-0.3, -0.25) is 4.79 Å². The predicted octanol–water partition coefficient (Wildman–Crippen LogP) is 2.99. The topological polar surface area (TPSA) is 49.3 Å². The third-order valence-corrected chi connectivity index (χ3v) is 2.61. The molecule has 3 nitrogen and oxygen atoms in total. The van der Waals surface area contributed by atoms with Crippen molar-refractivity contribution in [3.63, 3.8) is 0 Å². The van der Waals surface area contributed by atoms with Gasteiger partial charge in [-0.2, -0.15) is 0 Å². The molecule has 0 spiro atoms. The van der Waals surface area contributed by atoms with Crippen LogP contribution in [0, 0.1) is 17.5 Å². The number of anilines is 1. The van der Waals surface area contributed by atoms with Crippen LogP contribution in [0.4, 0.5) is 18.9 Å². The largest absolute Gasteiger partial charge is 0.508 e. The first-order valence-electron chi connectivity index (χ1n) is 5.68. The second-order valence-electron chi connectivity index (χ2n) is 4.11. The Morgan fingerprint density at radius 3 is 2.30 bits per heavy atom. The highest BCUT2D eigenvalue weighted by Crippen LogP contribution is 2.19. The molecule has 0 bridgehead atoms. The zero-order chi connectivity index (χ0) is 14.7.